The normalized spacial score (nSPS) is 10.6. The van der Waals surface area contributed by atoms with Gasteiger partial charge in [-0.15, -0.1) is 0 Å². The second kappa shape index (κ2) is 10.2. The zero-order chi connectivity index (χ0) is 21.3. The number of H-pyrrole nitrogens is 1. The van der Waals surface area contributed by atoms with Crippen LogP contribution in [-0.2, 0) is 25.5 Å². The number of anilines is 1. The van der Waals surface area contributed by atoms with Gasteiger partial charge >= 0.3 is 11.9 Å². The first-order valence-corrected chi connectivity index (χ1v) is 9.84. The number of esters is 2. The number of fused-ring (bicyclic) bond motifs is 1. The lowest BCUT2D eigenvalue weighted by Gasteiger charge is -2.08. The number of hydrogen-bond acceptors (Lipinski definition) is 5. The number of hydrogen-bond donors (Lipinski definition) is 2. The summed E-state index contributed by atoms with van der Waals surface area (Å²) in [6, 6.07) is 14.2. The van der Waals surface area contributed by atoms with Crippen LogP contribution in [0.25, 0.3) is 10.9 Å². The molecule has 0 unspecified atom stereocenters. The Morgan fingerprint density at radius 1 is 1.00 bits per heavy atom. The van der Waals surface area contributed by atoms with Gasteiger partial charge in [-0.25, -0.2) is 4.79 Å². The van der Waals surface area contributed by atoms with E-state index in [-0.39, 0.29) is 13.0 Å². The fraction of sp³-hybridized carbons (Fsp3) is 0.261. The standard InChI is InChI=1S/C23H24N2O5/c1-2-13-29-23(28)16-7-10-18(11-8-16)25-21(26)15-30-22(27)12-9-17-14-24-20-6-4-3-5-19(17)20/h3-8,10-11,14,24H,2,9,12-13,15H2,1H3,(H,25,26). The van der Waals surface area contributed by atoms with Crippen molar-refractivity contribution < 1.29 is 23.9 Å². The van der Waals surface area contributed by atoms with E-state index in [0.29, 0.717) is 24.3 Å². The maximum absolute atomic E-state index is 12.0. The van der Waals surface area contributed by atoms with Crippen LogP contribution < -0.4 is 5.32 Å². The van der Waals surface area contributed by atoms with E-state index in [4.69, 9.17) is 9.47 Å². The minimum atomic E-state index is -0.447. The van der Waals surface area contributed by atoms with Crippen molar-refractivity contribution in [2.45, 2.75) is 26.2 Å². The van der Waals surface area contributed by atoms with Crippen molar-refractivity contribution in [3.63, 3.8) is 0 Å². The number of para-hydroxylation sites is 1. The van der Waals surface area contributed by atoms with Gasteiger partial charge in [-0.1, -0.05) is 25.1 Å². The number of aromatic nitrogens is 1. The molecule has 0 radical (unpaired) electrons. The average molecular weight is 408 g/mol. The number of amides is 1. The predicted octanol–water partition coefficient (Wildman–Crippen LogP) is 3.85. The Balaban J connectivity index is 1.41. The molecule has 30 heavy (non-hydrogen) atoms. The summed E-state index contributed by atoms with van der Waals surface area (Å²) in [5.41, 5.74) is 2.96. The van der Waals surface area contributed by atoms with E-state index in [1.165, 1.54) is 0 Å². The molecular formula is C23H24N2O5. The number of ether oxygens (including phenoxy) is 2. The van der Waals surface area contributed by atoms with Crippen LogP contribution in [0, 0.1) is 0 Å². The Bertz CT molecular complexity index is 1020. The van der Waals surface area contributed by atoms with Gasteiger partial charge in [-0.2, -0.15) is 0 Å². The van der Waals surface area contributed by atoms with E-state index in [1.807, 2.05) is 37.4 Å². The van der Waals surface area contributed by atoms with E-state index in [9.17, 15) is 14.4 Å². The van der Waals surface area contributed by atoms with Crippen LogP contribution in [-0.4, -0.2) is 36.0 Å². The van der Waals surface area contributed by atoms with Gasteiger partial charge < -0.3 is 19.8 Å². The highest BCUT2D eigenvalue weighted by molar-refractivity contribution is 5.94. The Kier molecular flexibility index (Phi) is 7.21. The van der Waals surface area contributed by atoms with Crippen LogP contribution in [0.4, 0.5) is 5.69 Å². The van der Waals surface area contributed by atoms with Crippen molar-refractivity contribution in [2.24, 2.45) is 0 Å². The lowest BCUT2D eigenvalue weighted by atomic mass is 10.1. The van der Waals surface area contributed by atoms with Gasteiger partial charge in [0.05, 0.1) is 12.2 Å². The molecule has 0 atom stereocenters. The van der Waals surface area contributed by atoms with Crippen LogP contribution in [0.2, 0.25) is 0 Å². The molecule has 3 aromatic rings. The molecule has 156 valence electrons. The average Bonchev–Trinajstić information content (AvgIpc) is 3.18. The highest BCUT2D eigenvalue weighted by Crippen LogP contribution is 2.19. The minimum absolute atomic E-state index is 0.184. The van der Waals surface area contributed by atoms with E-state index in [0.717, 1.165) is 22.9 Å². The van der Waals surface area contributed by atoms with Crippen LogP contribution in [0.3, 0.4) is 0 Å². The van der Waals surface area contributed by atoms with Crippen LogP contribution in [0.15, 0.2) is 54.7 Å². The highest BCUT2D eigenvalue weighted by atomic mass is 16.5. The third-order valence-electron chi connectivity index (χ3n) is 4.48. The Labute approximate surface area is 174 Å². The Morgan fingerprint density at radius 3 is 2.53 bits per heavy atom. The number of carbonyl (C=O) groups excluding carboxylic acids is 3. The summed E-state index contributed by atoms with van der Waals surface area (Å²) < 4.78 is 10.1. The molecule has 7 heteroatoms. The smallest absolute Gasteiger partial charge is 0.338 e. The summed E-state index contributed by atoms with van der Waals surface area (Å²) in [7, 11) is 0. The number of aryl methyl sites for hydroxylation is 1. The first kappa shape index (κ1) is 21.1. The van der Waals surface area contributed by atoms with Crippen molar-refractivity contribution in [1.82, 2.24) is 4.98 Å². The SMILES string of the molecule is CCCOC(=O)c1ccc(NC(=O)COC(=O)CCc2c[nH]c3ccccc23)cc1. The topological polar surface area (TPSA) is 97.5 Å². The van der Waals surface area contributed by atoms with E-state index < -0.39 is 17.8 Å². The summed E-state index contributed by atoms with van der Waals surface area (Å²) >= 11 is 0. The lowest BCUT2D eigenvalue weighted by molar-refractivity contribution is -0.147. The molecule has 0 aliphatic carbocycles. The second-order valence-corrected chi connectivity index (χ2v) is 6.78. The van der Waals surface area contributed by atoms with Gasteiger partial charge in [-0.05, 0) is 48.7 Å². The summed E-state index contributed by atoms with van der Waals surface area (Å²) in [5, 5.41) is 3.70. The van der Waals surface area contributed by atoms with Gasteiger partial charge in [0, 0.05) is 29.2 Å². The van der Waals surface area contributed by atoms with Gasteiger partial charge in [0.1, 0.15) is 0 Å². The number of rotatable bonds is 9. The monoisotopic (exact) mass is 408 g/mol. The number of carbonyl (C=O) groups is 3. The molecule has 0 aliphatic rings. The molecule has 7 nitrogen and oxygen atoms in total. The van der Waals surface area contributed by atoms with Crippen molar-refractivity contribution >= 4 is 34.4 Å². The maximum Gasteiger partial charge on any atom is 0.338 e. The summed E-state index contributed by atoms with van der Waals surface area (Å²) in [5.74, 6) is -1.29. The van der Waals surface area contributed by atoms with Crippen molar-refractivity contribution in [3.05, 3.63) is 65.9 Å². The molecule has 1 heterocycles. The summed E-state index contributed by atoms with van der Waals surface area (Å²) in [6.07, 6.45) is 3.34. The molecule has 0 bridgehead atoms. The van der Waals surface area contributed by atoms with Gasteiger partial charge in [0.25, 0.3) is 5.91 Å². The van der Waals surface area contributed by atoms with Gasteiger partial charge in [0.2, 0.25) is 0 Å². The summed E-state index contributed by atoms with van der Waals surface area (Å²) in [6.45, 7) is 1.91. The number of aromatic amines is 1. The fourth-order valence-electron chi connectivity index (χ4n) is 2.96. The zero-order valence-corrected chi connectivity index (χ0v) is 16.8. The van der Waals surface area contributed by atoms with Gasteiger partial charge in [-0.3, -0.25) is 9.59 Å². The first-order valence-electron chi connectivity index (χ1n) is 9.84. The molecule has 1 amide bonds. The zero-order valence-electron chi connectivity index (χ0n) is 16.8. The Morgan fingerprint density at radius 2 is 1.77 bits per heavy atom. The van der Waals surface area contributed by atoms with E-state index in [2.05, 4.69) is 10.3 Å². The predicted molar refractivity (Wildman–Crippen MR) is 113 cm³/mol. The molecule has 0 aliphatic heterocycles. The molecule has 2 N–H and O–H groups in total. The van der Waals surface area contributed by atoms with E-state index in [1.54, 1.807) is 24.3 Å². The van der Waals surface area contributed by atoms with Crippen LogP contribution in [0.5, 0.6) is 0 Å². The molecule has 1 aromatic heterocycles. The van der Waals surface area contributed by atoms with Crippen molar-refractivity contribution in [2.75, 3.05) is 18.5 Å². The lowest BCUT2D eigenvalue weighted by Crippen LogP contribution is -2.21. The largest absolute Gasteiger partial charge is 0.462 e. The third-order valence-corrected chi connectivity index (χ3v) is 4.48. The molecule has 0 saturated carbocycles. The molecule has 0 spiro atoms. The minimum Gasteiger partial charge on any atom is -0.462 e. The van der Waals surface area contributed by atoms with E-state index >= 15 is 0 Å². The number of nitrogens with one attached hydrogen (secondary N) is 2. The number of benzene rings is 2. The molecule has 3 rings (SSSR count). The molecule has 0 fully saturated rings. The highest BCUT2D eigenvalue weighted by Gasteiger charge is 2.11. The first-order chi connectivity index (χ1) is 14.6. The van der Waals surface area contributed by atoms with Gasteiger partial charge in [0.15, 0.2) is 6.61 Å². The second-order valence-electron chi connectivity index (χ2n) is 6.78. The fourth-order valence-corrected chi connectivity index (χ4v) is 2.96. The maximum atomic E-state index is 12.0. The molecule has 0 saturated heterocycles. The van der Waals surface area contributed by atoms with Crippen LogP contribution >= 0.6 is 0 Å². The quantitative estimate of drug-likeness (QED) is 0.524. The molecule has 2 aromatic carbocycles. The van der Waals surface area contributed by atoms with Crippen LogP contribution in [0.1, 0.15) is 35.7 Å². The van der Waals surface area contributed by atoms with Crippen molar-refractivity contribution in [3.8, 4) is 0 Å². The summed E-state index contributed by atoms with van der Waals surface area (Å²) in [4.78, 5) is 38.9. The van der Waals surface area contributed by atoms with Crippen molar-refractivity contribution in [1.29, 1.82) is 0 Å². The third kappa shape index (κ3) is 5.70. The Hall–Kier alpha value is -3.61. The molecular weight excluding hydrogens is 384 g/mol.